The van der Waals surface area contributed by atoms with Crippen LogP contribution in [-0.2, 0) is 4.79 Å². The van der Waals surface area contributed by atoms with Crippen LogP contribution in [0.3, 0.4) is 0 Å². The van der Waals surface area contributed by atoms with Crippen molar-refractivity contribution in [1.29, 1.82) is 5.26 Å². The van der Waals surface area contributed by atoms with E-state index in [2.05, 4.69) is 20.8 Å². The third-order valence-electron chi connectivity index (χ3n) is 4.80. The van der Waals surface area contributed by atoms with Gasteiger partial charge in [-0.05, 0) is 37.1 Å². The zero-order valence-electron chi connectivity index (χ0n) is 15.9. The Labute approximate surface area is 171 Å². The second-order valence-corrected chi connectivity index (χ2v) is 6.68. The molecule has 1 saturated heterocycles. The number of nitrogens with one attached hydrogen (secondary N) is 2. The summed E-state index contributed by atoms with van der Waals surface area (Å²) in [5, 5.41) is 9.38. The number of carbonyl (C=O) groups is 2. The molecule has 0 aliphatic carbocycles. The number of nitriles is 1. The number of anilines is 1. The summed E-state index contributed by atoms with van der Waals surface area (Å²) >= 11 is 0. The summed E-state index contributed by atoms with van der Waals surface area (Å²) in [6, 6.07) is 10.4. The summed E-state index contributed by atoms with van der Waals surface area (Å²) in [4.78, 5) is 34.4. The molecular weight excluding hydrogens is 388 g/mol. The molecule has 3 aromatic heterocycles. The van der Waals surface area contributed by atoms with Crippen LogP contribution in [0.25, 0.3) is 11.7 Å². The van der Waals surface area contributed by atoms with Crippen molar-refractivity contribution in [3.63, 3.8) is 0 Å². The highest BCUT2D eigenvalue weighted by molar-refractivity contribution is 5.93. The monoisotopic (exact) mass is 406 g/mol. The fourth-order valence-corrected chi connectivity index (χ4v) is 3.23. The maximum atomic E-state index is 12.4. The maximum absolute atomic E-state index is 12.4. The fraction of sp³-hybridized carbons (Fsp3) is 0.250. The quantitative estimate of drug-likeness (QED) is 0.627. The van der Waals surface area contributed by atoms with Crippen LogP contribution in [0.2, 0.25) is 0 Å². The number of pyridine rings is 1. The van der Waals surface area contributed by atoms with Gasteiger partial charge < -0.3 is 13.7 Å². The predicted octanol–water partition coefficient (Wildman–Crippen LogP) is 1.88. The van der Waals surface area contributed by atoms with E-state index in [4.69, 9.17) is 8.83 Å². The standard InChI is InChI=1S/C20H18N6O4/c21-12-15-20(30-19(23-15)16-5-3-11-29-16)26-9-6-13(7-10-26)17(27)24-25-18(28)14-4-1-2-8-22-14/h1-5,8,11,13H,6-7,9-10H2,(H,24,27)(H,25,28). The van der Waals surface area contributed by atoms with Gasteiger partial charge in [-0.15, -0.1) is 0 Å². The molecule has 1 aliphatic rings. The molecule has 10 heteroatoms. The molecule has 152 valence electrons. The highest BCUT2D eigenvalue weighted by Gasteiger charge is 2.29. The van der Waals surface area contributed by atoms with Crippen LogP contribution in [0.15, 0.2) is 51.6 Å². The zero-order valence-corrected chi connectivity index (χ0v) is 15.9. The number of piperidine rings is 1. The van der Waals surface area contributed by atoms with Gasteiger partial charge >= 0.3 is 0 Å². The van der Waals surface area contributed by atoms with Gasteiger partial charge in [0.05, 0.1) is 6.26 Å². The lowest BCUT2D eigenvalue weighted by Crippen LogP contribution is -2.47. The maximum Gasteiger partial charge on any atom is 0.288 e. The van der Waals surface area contributed by atoms with Crippen molar-refractivity contribution in [2.45, 2.75) is 12.8 Å². The molecule has 4 heterocycles. The summed E-state index contributed by atoms with van der Waals surface area (Å²) in [7, 11) is 0. The Morgan fingerprint density at radius 1 is 1.17 bits per heavy atom. The molecule has 10 nitrogen and oxygen atoms in total. The second-order valence-electron chi connectivity index (χ2n) is 6.68. The molecule has 2 N–H and O–H groups in total. The van der Waals surface area contributed by atoms with Crippen molar-refractivity contribution in [2.75, 3.05) is 18.0 Å². The molecule has 0 spiro atoms. The molecule has 4 rings (SSSR count). The van der Waals surface area contributed by atoms with E-state index in [0.717, 1.165) is 0 Å². The minimum atomic E-state index is -0.479. The molecule has 30 heavy (non-hydrogen) atoms. The van der Waals surface area contributed by atoms with E-state index in [1.54, 1.807) is 30.3 Å². The number of furan rings is 1. The van der Waals surface area contributed by atoms with Crippen LogP contribution in [0.5, 0.6) is 0 Å². The molecule has 0 radical (unpaired) electrons. The highest BCUT2D eigenvalue weighted by atomic mass is 16.4. The largest absolute Gasteiger partial charge is 0.459 e. The molecule has 0 atom stereocenters. The lowest BCUT2D eigenvalue weighted by Gasteiger charge is -2.30. The minimum Gasteiger partial charge on any atom is -0.459 e. The van der Waals surface area contributed by atoms with Crippen LogP contribution in [0, 0.1) is 17.2 Å². The Morgan fingerprint density at radius 3 is 2.67 bits per heavy atom. The smallest absolute Gasteiger partial charge is 0.288 e. The van der Waals surface area contributed by atoms with E-state index in [1.807, 2.05) is 11.0 Å². The first-order valence-corrected chi connectivity index (χ1v) is 9.36. The number of hydrazine groups is 1. The van der Waals surface area contributed by atoms with E-state index >= 15 is 0 Å². The summed E-state index contributed by atoms with van der Waals surface area (Å²) in [6.07, 6.45) is 4.07. The van der Waals surface area contributed by atoms with Gasteiger partial charge in [0.25, 0.3) is 11.8 Å². The summed E-state index contributed by atoms with van der Waals surface area (Å²) in [6.45, 7) is 1.02. The number of amides is 2. The molecule has 0 unspecified atom stereocenters. The Morgan fingerprint density at radius 2 is 2.00 bits per heavy atom. The molecule has 1 aliphatic heterocycles. The molecular formula is C20H18N6O4. The minimum absolute atomic E-state index is 0.173. The van der Waals surface area contributed by atoms with Crippen molar-refractivity contribution in [3.8, 4) is 17.7 Å². The van der Waals surface area contributed by atoms with Crippen LogP contribution < -0.4 is 15.8 Å². The molecule has 2 amide bonds. The van der Waals surface area contributed by atoms with E-state index in [-0.39, 0.29) is 29.1 Å². The van der Waals surface area contributed by atoms with Gasteiger partial charge in [0.1, 0.15) is 11.8 Å². The van der Waals surface area contributed by atoms with E-state index in [0.29, 0.717) is 37.6 Å². The number of hydrogen-bond acceptors (Lipinski definition) is 8. The number of carbonyl (C=O) groups excluding carboxylic acids is 2. The average molecular weight is 406 g/mol. The Balaban J connectivity index is 1.33. The zero-order chi connectivity index (χ0) is 20.9. The van der Waals surface area contributed by atoms with Crippen LogP contribution in [0.4, 0.5) is 5.88 Å². The summed E-state index contributed by atoms with van der Waals surface area (Å²) < 4.78 is 11.0. The Kier molecular flexibility index (Phi) is 5.43. The van der Waals surface area contributed by atoms with Crippen molar-refractivity contribution in [2.24, 2.45) is 5.92 Å². The number of hydrogen-bond donors (Lipinski definition) is 2. The molecule has 3 aromatic rings. The Hall–Kier alpha value is -4.13. The fourth-order valence-electron chi connectivity index (χ4n) is 3.23. The van der Waals surface area contributed by atoms with Crippen LogP contribution >= 0.6 is 0 Å². The van der Waals surface area contributed by atoms with E-state index in [1.165, 1.54) is 12.5 Å². The lowest BCUT2D eigenvalue weighted by molar-refractivity contribution is -0.126. The molecule has 0 bridgehead atoms. The van der Waals surface area contributed by atoms with Gasteiger partial charge in [0.15, 0.2) is 5.76 Å². The van der Waals surface area contributed by atoms with Gasteiger partial charge in [0.2, 0.25) is 17.5 Å². The first kappa shape index (κ1) is 19.2. The van der Waals surface area contributed by atoms with E-state index < -0.39 is 5.91 Å². The van der Waals surface area contributed by atoms with Crippen LogP contribution in [0.1, 0.15) is 29.0 Å². The molecule has 1 fully saturated rings. The van der Waals surface area contributed by atoms with Crippen molar-refractivity contribution >= 4 is 17.7 Å². The number of nitrogens with zero attached hydrogens (tertiary/aromatic N) is 4. The molecule has 0 aromatic carbocycles. The lowest BCUT2D eigenvalue weighted by atomic mass is 9.96. The van der Waals surface area contributed by atoms with E-state index in [9.17, 15) is 14.9 Å². The predicted molar refractivity (Wildman–Crippen MR) is 104 cm³/mol. The first-order valence-electron chi connectivity index (χ1n) is 9.36. The first-order chi connectivity index (χ1) is 14.7. The summed E-state index contributed by atoms with van der Waals surface area (Å²) in [5.41, 5.74) is 5.22. The van der Waals surface area contributed by atoms with Gasteiger partial charge in [-0.1, -0.05) is 6.07 Å². The Bertz CT molecular complexity index is 1060. The normalized spacial score (nSPS) is 14.2. The van der Waals surface area contributed by atoms with Crippen LogP contribution in [-0.4, -0.2) is 34.9 Å². The van der Waals surface area contributed by atoms with Gasteiger partial charge in [-0.3, -0.25) is 25.4 Å². The average Bonchev–Trinajstić information content (AvgIpc) is 3.47. The van der Waals surface area contributed by atoms with Gasteiger partial charge in [-0.2, -0.15) is 10.2 Å². The van der Waals surface area contributed by atoms with Gasteiger partial charge in [0, 0.05) is 25.2 Å². The van der Waals surface area contributed by atoms with Crippen molar-refractivity contribution < 1.29 is 18.4 Å². The molecule has 0 saturated carbocycles. The highest BCUT2D eigenvalue weighted by Crippen LogP contribution is 2.31. The topological polar surface area (TPSA) is 137 Å². The number of rotatable bonds is 4. The second kappa shape index (κ2) is 8.48. The third-order valence-corrected chi connectivity index (χ3v) is 4.80. The SMILES string of the molecule is N#Cc1nc(-c2ccco2)oc1N1CCC(C(=O)NNC(=O)c2ccccn2)CC1. The number of aromatic nitrogens is 2. The third kappa shape index (κ3) is 4.00. The number of oxazole rings is 1. The van der Waals surface area contributed by atoms with Gasteiger partial charge in [-0.25, -0.2) is 0 Å². The van der Waals surface area contributed by atoms with Crippen molar-refractivity contribution in [3.05, 3.63) is 54.2 Å². The van der Waals surface area contributed by atoms with Crippen molar-refractivity contribution in [1.82, 2.24) is 20.8 Å². The summed E-state index contributed by atoms with van der Waals surface area (Å²) in [5.74, 6) is 0.0225.